The third kappa shape index (κ3) is 3.72. The summed E-state index contributed by atoms with van der Waals surface area (Å²) in [7, 11) is 1.34. The van der Waals surface area contributed by atoms with E-state index in [9.17, 15) is 4.79 Å². The van der Waals surface area contributed by atoms with Crippen LogP contribution in [0.15, 0.2) is 24.4 Å². The molecule has 0 amide bonds. The summed E-state index contributed by atoms with van der Waals surface area (Å²) < 4.78 is 4.50. The van der Waals surface area contributed by atoms with Crippen LogP contribution in [0.5, 0.6) is 0 Å². The average molecular weight is 217 g/mol. The SMILES string of the molecule is COC(=O)C[C@H](N)c1ccccn1.Cl. The van der Waals surface area contributed by atoms with Gasteiger partial charge in [-0.05, 0) is 12.1 Å². The summed E-state index contributed by atoms with van der Waals surface area (Å²) >= 11 is 0. The molecule has 1 heterocycles. The Bertz CT molecular complexity index is 279. The first-order valence-corrected chi connectivity index (χ1v) is 3.97. The van der Waals surface area contributed by atoms with Crippen LogP contribution < -0.4 is 5.73 Å². The second kappa shape index (κ2) is 6.34. The lowest BCUT2D eigenvalue weighted by molar-refractivity contribution is -0.141. The first kappa shape index (κ1) is 12.9. The maximum atomic E-state index is 10.9. The van der Waals surface area contributed by atoms with Crippen LogP contribution in [0.4, 0.5) is 0 Å². The summed E-state index contributed by atoms with van der Waals surface area (Å²) in [6.07, 6.45) is 1.81. The summed E-state index contributed by atoms with van der Waals surface area (Å²) in [5, 5.41) is 0. The summed E-state index contributed by atoms with van der Waals surface area (Å²) in [5.41, 5.74) is 6.41. The minimum Gasteiger partial charge on any atom is -0.469 e. The number of rotatable bonds is 3. The van der Waals surface area contributed by atoms with Crippen molar-refractivity contribution in [3.63, 3.8) is 0 Å². The van der Waals surface area contributed by atoms with E-state index in [2.05, 4.69) is 9.72 Å². The summed E-state index contributed by atoms with van der Waals surface area (Å²) in [6, 6.07) is 5.04. The van der Waals surface area contributed by atoms with Crippen molar-refractivity contribution >= 4 is 18.4 Å². The second-order valence-corrected chi connectivity index (χ2v) is 2.64. The van der Waals surface area contributed by atoms with Crippen LogP contribution in [0.3, 0.4) is 0 Å². The van der Waals surface area contributed by atoms with Crippen molar-refractivity contribution in [1.29, 1.82) is 0 Å². The van der Waals surface area contributed by atoms with E-state index in [1.807, 2.05) is 6.07 Å². The molecule has 5 heteroatoms. The Morgan fingerprint density at radius 2 is 2.36 bits per heavy atom. The van der Waals surface area contributed by atoms with E-state index in [-0.39, 0.29) is 30.8 Å². The van der Waals surface area contributed by atoms with Gasteiger partial charge in [0.05, 0.1) is 25.3 Å². The third-order valence-corrected chi connectivity index (χ3v) is 1.68. The van der Waals surface area contributed by atoms with Gasteiger partial charge in [-0.25, -0.2) is 0 Å². The lowest BCUT2D eigenvalue weighted by atomic mass is 10.1. The number of pyridine rings is 1. The standard InChI is InChI=1S/C9H12N2O2.ClH/c1-13-9(12)6-7(10)8-4-2-3-5-11-8;/h2-5,7H,6,10H2,1H3;1H/t7-;/m0./s1. The average Bonchev–Trinajstić information content (AvgIpc) is 2.19. The quantitative estimate of drug-likeness (QED) is 0.768. The van der Waals surface area contributed by atoms with Gasteiger partial charge in [0.1, 0.15) is 0 Å². The maximum absolute atomic E-state index is 10.9. The normalized spacial score (nSPS) is 11.3. The van der Waals surface area contributed by atoms with Crippen molar-refractivity contribution in [2.24, 2.45) is 5.73 Å². The predicted molar refractivity (Wildman–Crippen MR) is 55.0 cm³/mol. The zero-order valence-electron chi connectivity index (χ0n) is 7.84. The summed E-state index contributed by atoms with van der Waals surface area (Å²) in [5.74, 6) is -0.321. The Morgan fingerprint density at radius 3 is 2.86 bits per heavy atom. The van der Waals surface area contributed by atoms with Crippen LogP contribution >= 0.6 is 12.4 Å². The van der Waals surface area contributed by atoms with Crippen LogP contribution in [0.1, 0.15) is 18.2 Å². The topological polar surface area (TPSA) is 65.2 Å². The van der Waals surface area contributed by atoms with E-state index in [1.54, 1.807) is 18.3 Å². The number of aromatic nitrogens is 1. The molecule has 0 aliphatic heterocycles. The lowest BCUT2D eigenvalue weighted by Gasteiger charge is -2.08. The molecule has 1 rings (SSSR count). The van der Waals surface area contributed by atoms with Gasteiger partial charge in [0.2, 0.25) is 0 Å². The Kier molecular flexibility index (Phi) is 5.83. The zero-order chi connectivity index (χ0) is 9.68. The molecule has 0 unspecified atom stereocenters. The number of carbonyl (C=O) groups is 1. The summed E-state index contributed by atoms with van der Waals surface area (Å²) in [4.78, 5) is 14.9. The third-order valence-electron chi connectivity index (χ3n) is 1.68. The molecule has 2 N–H and O–H groups in total. The number of hydrogen-bond donors (Lipinski definition) is 1. The largest absolute Gasteiger partial charge is 0.469 e. The van der Waals surface area contributed by atoms with Crippen molar-refractivity contribution in [1.82, 2.24) is 4.98 Å². The molecule has 0 aliphatic rings. The van der Waals surface area contributed by atoms with E-state index in [1.165, 1.54) is 7.11 Å². The van der Waals surface area contributed by atoms with Crippen LogP contribution in [0.25, 0.3) is 0 Å². The first-order valence-electron chi connectivity index (χ1n) is 3.97. The van der Waals surface area contributed by atoms with Crippen LogP contribution in [0.2, 0.25) is 0 Å². The molecule has 0 aromatic carbocycles. The smallest absolute Gasteiger partial charge is 0.307 e. The van der Waals surface area contributed by atoms with E-state index < -0.39 is 0 Å². The maximum Gasteiger partial charge on any atom is 0.307 e. The van der Waals surface area contributed by atoms with Gasteiger partial charge in [-0.15, -0.1) is 12.4 Å². The minimum absolute atomic E-state index is 0. The molecule has 14 heavy (non-hydrogen) atoms. The molecule has 4 nitrogen and oxygen atoms in total. The fourth-order valence-corrected chi connectivity index (χ4v) is 0.963. The molecule has 0 fully saturated rings. The fraction of sp³-hybridized carbons (Fsp3) is 0.333. The molecule has 0 spiro atoms. The predicted octanol–water partition coefficient (Wildman–Crippen LogP) is 1.07. The van der Waals surface area contributed by atoms with Crippen molar-refractivity contribution in [3.05, 3.63) is 30.1 Å². The highest BCUT2D eigenvalue weighted by Gasteiger charge is 2.11. The van der Waals surface area contributed by atoms with E-state index >= 15 is 0 Å². The molecule has 0 radical (unpaired) electrons. The highest BCUT2D eigenvalue weighted by molar-refractivity contribution is 5.85. The Hall–Kier alpha value is -1.13. The van der Waals surface area contributed by atoms with Crippen LogP contribution in [0, 0.1) is 0 Å². The van der Waals surface area contributed by atoms with E-state index in [0.29, 0.717) is 5.69 Å². The van der Waals surface area contributed by atoms with Gasteiger partial charge in [0.15, 0.2) is 0 Å². The van der Waals surface area contributed by atoms with Gasteiger partial charge >= 0.3 is 5.97 Å². The van der Waals surface area contributed by atoms with Gasteiger partial charge < -0.3 is 10.5 Å². The highest BCUT2D eigenvalue weighted by Crippen LogP contribution is 2.10. The van der Waals surface area contributed by atoms with Gasteiger partial charge in [-0.2, -0.15) is 0 Å². The van der Waals surface area contributed by atoms with E-state index in [0.717, 1.165) is 0 Å². The van der Waals surface area contributed by atoms with Crippen molar-refractivity contribution < 1.29 is 9.53 Å². The molecule has 78 valence electrons. The van der Waals surface area contributed by atoms with Gasteiger partial charge in [0.25, 0.3) is 0 Å². The molecule has 1 aromatic heterocycles. The molecular formula is C9H13ClN2O2. The number of nitrogens with two attached hydrogens (primary N) is 1. The molecule has 1 aromatic rings. The molecule has 0 saturated heterocycles. The highest BCUT2D eigenvalue weighted by atomic mass is 35.5. The van der Waals surface area contributed by atoms with Gasteiger partial charge in [-0.3, -0.25) is 9.78 Å². The second-order valence-electron chi connectivity index (χ2n) is 2.64. The molecule has 0 bridgehead atoms. The zero-order valence-corrected chi connectivity index (χ0v) is 8.66. The van der Waals surface area contributed by atoms with Crippen molar-refractivity contribution in [3.8, 4) is 0 Å². The number of methoxy groups -OCH3 is 1. The number of ether oxygens (including phenoxy) is 1. The van der Waals surface area contributed by atoms with Crippen LogP contribution in [-0.4, -0.2) is 18.1 Å². The molecule has 1 atom stereocenters. The fourth-order valence-electron chi connectivity index (χ4n) is 0.963. The van der Waals surface area contributed by atoms with Crippen LogP contribution in [-0.2, 0) is 9.53 Å². The monoisotopic (exact) mass is 216 g/mol. The minimum atomic E-state index is -0.381. The van der Waals surface area contributed by atoms with Crippen molar-refractivity contribution in [2.75, 3.05) is 7.11 Å². The first-order chi connectivity index (χ1) is 6.24. The molecule has 0 saturated carbocycles. The Balaban J connectivity index is 0.00000169. The Labute approximate surface area is 88.9 Å². The number of nitrogens with zero attached hydrogens (tertiary/aromatic N) is 1. The van der Waals surface area contributed by atoms with Gasteiger partial charge in [0, 0.05) is 6.20 Å². The number of esters is 1. The number of carbonyl (C=O) groups excluding carboxylic acids is 1. The van der Waals surface area contributed by atoms with Crippen molar-refractivity contribution in [2.45, 2.75) is 12.5 Å². The number of halogens is 1. The molecular weight excluding hydrogens is 204 g/mol. The lowest BCUT2D eigenvalue weighted by Crippen LogP contribution is -2.17. The van der Waals surface area contributed by atoms with E-state index in [4.69, 9.17) is 5.73 Å². The number of hydrogen-bond acceptors (Lipinski definition) is 4. The van der Waals surface area contributed by atoms with Gasteiger partial charge in [-0.1, -0.05) is 6.07 Å². The molecule has 0 aliphatic carbocycles. The Morgan fingerprint density at radius 1 is 1.64 bits per heavy atom. The summed E-state index contributed by atoms with van der Waals surface area (Å²) in [6.45, 7) is 0.